The van der Waals surface area contributed by atoms with E-state index in [1.165, 1.54) is 76.0 Å². The summed E-state index contributed by atoms with van der Waals surface area (Å²) in [6.45, 7) is 0. The fourth-order valence-corrected chi connectivity index (χ4v) is 6.15. The summed E-state index contributed by atoms with van der Waals surface area (Å²) >= 11 is 0. The summed E-state index contributed by atoms with van der Waals surface area (Å²) in [5.74, 6) is 0. The van der Waals surface area contributed by atoms with E-state index in [0.29, 0.717) is 0 Å². The molecule has 0 unspecified atom stereocenters. The van der Waals surface area contributed by atoms with E-state index in [-0.39, 0.29) is 32.7 Å². The van der Waals surface area contributed by atoms with Gasteiger partial charge in [0.1, 0.15) is 0 Å². The second-order valence-corrected chi connectivity index (χ2v) is 9.32. The second-order valence-electron chi connectivity index (χ2n) is 9.32. The third-order valence-corrected chi connectivity index (χ3v) is 7.64. The molecule has 0 N–H and O–H groups in total. The molecule has 1 nitrogen and oxygen atoms in total. The molecule has 0 saturated carbocycles. The first-order valence-electron chi connectivity index (χ1n) is 11.8. The molecule has 1 heterocycles. The number of fused-ring (bicyclic) bond motifs is 5. The summed E-state index contributed by atoms with van der Waals surface area (Å²) in [5.41, 5.74) is 5.15. The molecule has 0 aliphatic heterocycles. The van der Waals surface area contributed by atoms with E-state index in [4.69, 9.17) is 0 Å². The van der Waals surface area contributed by atoms with Crippen molar-refractivity contribution in [2.45, 2.75) is 0 Å². The number of nitrogens with zero attached hydrogens (tertiary/aromatic N) is 1. The van der Waals surface area contributed by atoms with Crippen LogP contribution in [0.4, 0.5) is 0 Å². The van der Waals surface area contributed by atoms with Crippen molar-refractivity contribution in [2.75, 3.05) is 0 Å². The summed E-state index contributed by atoms with van der Waals surface area (Å²) in [7, 11) is 2.18. The molecule has 8 aromatic rings. The predicted octanol–water partition coefficient (Wildman–Crippen LogP) is 8.85. The van der Waals surface area contributed by atoms with Crippen molar-refractivity contribution in [3.63, 3.8) is 0 Å². The second kappa shape index (κ2) is 7.62. The molecular weight excluding hydrogens is 499 g/mol. The first-order valence-corrected chi connectivity index (χ1v) is 11.8. The Morgan fingerprint density at radius 2 is 1.29 bits per heavy atom. The molecule has 0 saturated heterocycles. The SMILES string of the molecule is Cn1c2ccccc2c2cc(-c3ccc4ccc5[c-]ccc6ccc3c4c56)c3ccccc3c21.[Y]. The molecule has 0 fully saturated rings. The average Bonchev–Trinajstić information content (AvgIpc) is 3.19. The van der Waals surface area contributed by atoms with Gasteiger partial charge in [-0.1, -0.05) is 78.2 Å². The molecular formula is C33H20NY-. The van der Waals surface area contributed by atoms with Crippen molar-refractivity contribution in [1.82, 2.24) is 4.57 Å². The zero-order valence-corrected chi connectivity index (χ0v) is 22.2. The zero-order chi connectivity index (χ0) is 22.4. The maximum absolute atomic E-state index is 3.44. The third kappa shape index (κ3) is 2.77. The Kier molecular flexibility index (Phi) is 4.59. The Hall–Kier alpha value is -3.26. The average molecular weight is 519 g/mol. The van der Waals surface area contributed by atoms with Crippen LogP contribution < -0.4 is 0 Å². The molecule has 0 aliphatic rings. The van der Waals surface area contributed by atoms with Crippen molar-refractivity contribution < 1.29 is 32.7 Å². The van der Waals surface area contributed by atoms with Gasteiger partial charge in [-0.15, -0.1) is 35.0 Å². The molecule has 1 aromatic heterocycles. The Labute approximate surface area is 228 Å². The van der Waals surface area contributed by atoms with Crippen LogP contribution in [0.1, 0.15) is 0 Å². The van der Waals surface area contributed by atoms with Gasteiger partial charge in [-0.3, -0.25) is 0 Å². The van der Waals surface area contributed by atoms with E-state index in [0.717, 1.165) is 0 Å². The Balaban J connectivity index is 0.00000210. The number of hydrogen-bond acceptors (Lipinski definition) is 0. The van der Waals surface area contributed by atoms with Crippen LogP contribution >= 0.6 is 0 Å². The van der Waals surface area contributed by atoms with Crippen LogP contribution in [0.5, 0.6) is 0 Å². The summed E-state index contributed by atoms with van der Waals surface area (Å²) < 4.78 is 2.34. The standard InChI is InChI=1S/C33H20N.Y/c1-34-30-12-5-4-10-25(30)29-19-28(23-9-2-3-11-27(23)33(29)34)24-17-15-22-14-13-20-7-6-8-21-16-18-26(24)32(22)31(20)21;/h2-6,8-19H,1H3;/q-1;. The third-order valence-electron chi connectivity index (χ3n) is 7.64. The minimum absolute atomic E-state index is 0. The van der Waals surface area contributed by atoms with Gasteiger partial charge in [0.05, 0.1) is 5.52 Å². The zero-order valence-electron chi connectivity index (χ0n) is 19.3. The fourth-order valence-electron chi connectivity index (χ4n) is 6.15. The molecule has 7 aromatic carbocycles. The number of aromatic nitrogens is 1. The first kappa shape index (κ1) is 21.1. The van der Waals surface area contributed by atoms with E-state index >= 15 is 0 Å². The molecule has 0 amide bonds. The van der Waals surface area contributed by atoms with Gasteiger partial charge >= 0.3 is 0 Å². The van der Waals surface area contributed by atoms with Gasteiger partial charge in [-0.05, 0) is 44.8 Å². The normalized spacial score (nSPS) is 11.9. The van der Waals surface area contributed by atoms with Crippen LogP contribution in [0.3, 0.4) is 0 Å². The quantitative estimate of drug-likeness (QED) is 0.151. The van der Waals surface area contributed by atoms with Gasteiger partial charge in [-0.25, -0.2) is 0 Å². The van der Waals surface area contributed by atoms with E-state index in [1.807, 2.05) is 6.07 Å². The largest absolute Gasteiger partial charge is 0.343 e. The Bertz CT molecular complexity index is 2060. The van der Waals surface area contributed by atoms with Gasteiger partial charge in [-0.2, -0.15) is 0 Å². The van der Waals surface area contributed by atoms with Crippen molar-refractivity contribution in [2.24, 2.45) is 7.05 Å². The molecule has 0 aliphatic carbocycles. The maximum Gasteiger partial charge on any atom is 0.0568 e. The van der Waals surface area contributed by atoms with E-state index < -0.39 is 0 Å². The van der Waals surface area contributed by atoms with Crippen molar-refractivity contribution >= 4 is 64.9 Å². The van der Waals surface area contributed by atoms with Crippen molar-refractivity contribution in [1.29, 1.82) is 0 Å². The number of benzene rings is 7. The molecule has 0 spiro atoms. The number of para-hydroxylation sites is 1. The van der Waals surface area contributed by atoms with E-state index in [1.54, 1.807) is 0 Å². The molecule has 8 rings (SSSR count). The van der Waals surface area contributed by atoms with Gasteiger partial charge in [0.15, 0.2) is 0 Å². The van der Waals surface area contributed by atoms with Gasteiger partial charge < -0.3 is 4.57 Å². The first-order chi connectivity index (χ1) is 16.8. The summed E-state index contributed by atoms with van der Waals surface area (Å²) in [6.07, 6.45) is 0. The van der Waals surface area contributed by atoms with Crippen LogP contribution in [0.15, 0.2) is 103 Å². The predicted molar refractivity (Wildman–Crippen MR) is 146 cm³/mol. The number of hydrogen-bond donors (Lipinski definition) is 0. The maximum atomic E-state index is 3.44. The summed E-state index contributed by atoms with van der Waals surface area (Å²) in [5, 5.41) is 12.9. The van der Waals surface area contributed by atoms with Crippen LogP contribution in [0.2, 0.25) is 0 Å². The summed E-state index contributed by atoms with van der Waals surface area (Å²) in [4.78, 5) is 0. The Morgan fingerprint density at radius 3 is 2.17 bits per heavy atom. The van der Waals surface area contributed by atoms with Crippen molar-refractivity contribution in [3.8, 4) is 11.1 Å². The molecule has 1 radical (unpaired) electrons. The molecule has 0 atom stereocenters. The van der Waals surface area contributed by atoms with Gasteiger partial charge in [0.2, 0.25) is 0 Å². The van der Waals surface area contributed by atoms with Crippen molar-refractivity contribution in [3.05, 3.63) is 109 Å². The smallest absolute Gasteiger partial charge is 0.0568 e. The molecule has 0 bridgehead atoms. The molecule has 35 heavy (non-hydrogen) atoms. The molecule has 161 valence electrons. The minimum Gasteiger partial charge on any atom is -0.343 e. The monoisotopic (exact) mass is 519 g/mol. The van der Waals surface area contributed by atoms with Crippen LogP contribution in [-0.2, 0) is 39.8 Å². The van der Waals surface area contributed by atoms with Gasteiger partial charge in [0, 0.05) is 61.4 Å². The Morgan fingerprint density at radius 1 is 0.571 bits per heavy atom. The van der Waals surface area contributed by atoms with Crippen LogP contribution in [-0.4, -0.2) is 4.57 Å². The van der Waals surface area contributed by atoms with Crippen LogP contribution in [0, 0.1) is 6.07 Å². The number of rotatable bonds is 1. The topological polar surface area (TPSA) is 4.93 Å². The number of aryl methyl sites for hydroxylation is 1. The molecule has 2 heteroatoms. The minimum atomic E-state index is 0. The van der Waals surface area contributed by atoms with Crippen LogP contribution in [0.25, 0.3) is 76.0 Å². The fraction of sp³-hybridized carbons (Fsp3) is 0.0303. The van der Waals surface area contributed by atoms with E-state index in [9.17, 15) is 0 Å². The van der Waals surface area contributed by atoms with Gasteiger partial charge in [0.25, 0.3) is 0 Å². The van der Waals surface area contributed by atoms with E-state index in [2.05, 4.69) is 115 Å². The summed E-state index contributed by atoms with van der Waals surface area (Å²) in [6, 6.07) is 41.2.